The average Bonchev–Trinajstić information content (AvgIpc) is 2.74. The first-order valence-electron chi connectivity index (χ1n) is 5.10. The predicted molar refractivity (Wildman–Crippen MR) is 68.7 cm³/mol. The van der Waals surface area contributed by atoms with Gasteiger partial charge in [-0.1, -0.05) is 17.7 Å². The molecule has 4 nitrogen and oxygen atoms in total. The molecule has 0 spiro atoms. The van der Waals surface area contributed by atoms with Crippen molar-refractivity contribution in [3.8, 4) is 11.4 Å². The molecule has 0 saturated heterocycles. The fourth-order valence-electron chi connectivity index (χ4n) is 1.73. The molecule has 17 heavy (non-hydrogen) atoms. The number of benzene rings is 1. The summed E-state index contributed by atoms with van der Waals surface area (Å²) in [5, 5.41) is 0.632. The maximum Gasteiger partial charge on any atom is 0.138 e. The molecule has 0 saturated carbocycles. The Balaban J connectivity index is 2.22. The molecule has 2 heterocycles. The highest BCUT2D eigenvalue weighted by Crippen LogP contribution is 2.25. The Morgan fingerprint density at radius 1 is 1.24 bits per heavy atom. The van der Waals surface area contributed by atoms with Gasteiger partial charge in [0.2, 0.25) is 0 Å². The number of fused-ring (bicyclic) bond motifs is 1. The van der Waals surface area contributed by atoms with Crippen LogP contribution in [0.15, 0.2) is 36.5 Å². The highest BCUT2D eigenvalue weighted by Gasteiger charge is 2.07. The van der Waals surface area contributed by atoms with E-state index in [-0.39, 0.29) is 0 Å². The molecule has 0 amide bonds. The summed E-state index contributed by atoms with van der Waals surface area (Å²) in [6.45, 7) is 0. The van der Waals surface area contributed by atoms with Crippen LogP contribution in [0.25, 0.3) is 22.4 Å². The van der Waals surface area contributed by atoms with E-state index in [1.807, 2.05) is 24.3 Å². The van der Waals surface area contributed by atoms with Gasteiger partial charge in [0.25, 0.3) is 0 Å². The maximum atomic E-state index is 6.07. The molecule has 84 valence electrons. The van der Waals surface area contributed by atoms with Gasteiger partial charge in [0.05, 0.1) is 10.5 Å². The lowest BCUT2D eigenvalue weighted by Crippen LogP contribution is -1.90. The first-order chi connectivity index (χ1) is 8.24. The van der Waals surface area contributed by atoms with Gasteiger partial charge in [0.15, 0.2) is 0 Å². The second-order valence-electron chi connectivity index (χ2n) is 3.69. The first-order valence-corrected chi connectivity index (χ1v) is 5.48. The van der Waals surface area contributed by atoms with E-state index in [0.29, 0.717) is 10.8 Å². The number of aromatic nitrogens is 3. The fraction of sp³-hybridized carbons (Fsp3) is 0. The van der Waals surface area contributed by atoms with Crippen molar-refractivity contribution < 1.29 is 0 Å². The van der Waals surface area contributed by atoms with Crippen LogP contribution >= 0.6 is 11.6 Å². The van der Waals surface area contributed by atoms with Crippen LogP contribution in [0, 0.1) is 0 Å². The number of nitrogen functional groups attached to an aromatic ring is 1. The van der Waals surface area contributed by atoms with Crippen LogP contribution in [0.5, 0.6) is 0 Å². The van der Waals surface area contributed by atoms with Crippen LogP contribution in [-0.2, 0) is 0 Å². The molecule has 3 N–H and O–H groups in total. The Kier molecular flexibility index (Phi) is 2.23. The quantitative estimate of drug-likeness (QED) is 0.692. The van der Waals surface area contributed by atoms with E-state index in [1.54, 1.807) is 12.3 Å². The van der Waals surface area contributed by atoms with Gasteiger partial charge in [-0.05, 0) is 24.3 Å². The molecule has 1 aromatic carbocycles. The van der Waals surface area contributed by atoms with Crippen LogP contribution in [0.1, 0.15) is 0 Å². The van der Waals surface area contributed by atoms with Crippen molar-refractivity contribution in [2.45, 2.75) is 0 Å². The van der Waals surface area contributed by atoms with E-state index in [9.17, 15) is 0 Å². The van der Waals surface area contributed by atoms with E-state index in [1.165, 1.54) is 0 Å². The van der Waals surface area contributed by atoms with Gasteiger partial charge in [-0.3, -0.25) is 0 Å². The molecule has 2 aromatic heterocycles. The van der Waals surface area contributed by atoms with Crippen molar-refractivity contribution >= 4 is 28.5 Å². The summed E-state index contributed by atoms with van der Waals surface area (Å²) >= 11 is 6.07. The van der Waals surface area contributed by atoms with Gasteiger partial charge in [0, 0.05) is 11.8 Å². The highest BCUT2D eigenvalue weighted by molar-refractivity contribution is 6.34. The molecule has 3 aromatic rings. The van der Waals surface area contributed by atoms with Crippen molar-refractivity contribution in [3.63, 3.8) is 0 Å². The number of halogens is 1. The number of nitrogens with zero attached hydrogens (tertiary/aromatic N) is 2. The minimum atomic E-state index is 0.467. The lowest BCUT2D eigenvalue weighted by molar-refractivity contribution is 1.29. The van der Waals surface area contributed by atoms with Crippen LogP contribution in [0.3, 0.4) is 0 Å². The highest BCUT2D eigenvalue weighted by atomic mass is 35.5. The standard InChI is InChI=1S/C12H9ClN4/c13-8-2-1-3-9-11(8)17-12(16-9)7-4-5-15-10(14)6-7/h1-6H,(H2,14,15)(H,16,17). The molecule has 0 aliphatic carbocycles. The summed E-state index contributed by atoms with van der Waals surface area (Å²) in [7, 11) is 0. The summed E-state index contributed by atoms with van der Waals surface area (Å²) in [5.41, 5.74) is 8.20. The number of hydrogen-bond donors (Lipinski definition) is 2. The molecule has 0 aliphatic rings. The van der Waals surface area contributed by atoms with Crippen molar-refractivity contribution in [2.24, 2.45) is 0 Å². The molecule has 0 fully saturated rings. The van der Waals surface area contributed by atoms with Crippen LogP contribution in [0.2, 0.25) is 5.02 Å². The Morgan fingerprint density at radius 2 is 2.12 bits per heavy atom. The zero-order valence-electron chi connectivity index (χ0n) is 8.81. The molecule has 0 radical (unpaired) electrons. The number of nitrogens with one attached hydrogen (secondary N) is 1. The zero-order valence-corrected chi connectivity index (χ0v) is 9.57. The van der Waals surface area contributed by atoms with E-state index >= 15 is 0 Å². The number of rotatable bonds is 1. The number of aromatic amines is 1. The first kappa shape index (κ1) is 10.1. The van der Waals surface area contributed by atoms with E-state index in [0.717, 1.165) is 22.4 Å². The zero-order chi connectivity index (χ0) is 11.8. The molecular weight excluding hydrogens is 236 g/mol. The third-order valence-electron chi connectivity index (χ3n) is 2.52. The molecule has 5 heteroatoms. The summed E-state index contributed by atoms with van der Waals surface area (Å²) in [6, 6.07) is 9.25. The van der Waals surface area contributed by atoms with Crippen molar-refractivity contribution in [3.05, 3.63) is 41.6 Å². The molecule has 0 atom stereocenters. The van der Waals surface area contributed by atoms with E-state index in [4.69, 9.17) is 17.3 Å². The average molecular weight is 245 g/mol. The number of pyridine rings is 1. The smallest absolute Gasteiger partial charge is 0.138 e. The summed E-state index contributed by atoms with van der Waals surface area (Å²) in [4.78, 5) is 11.6. The lowest BCUT2D eigenvalue weighted by Gasteiger charge is -1.96. The third-order valence-corrected chi connectivity index (χ3v) is 2.82. The number of para-hydroxylation sites is 1. The van der Waals surface area contributed by atoms with Gasteiger partial charge < -0.3 is 10.7 Å². The van der Waals surface area contributed by atoms with Crippen molar-refractivity contribution in [1.29, 1.82) is 0 Å². The second-order valence-corrected chi connectivity index (χ2v) is 4.10. The molecule has 0 bridgehead atoms. The summed E-state index contributed by atoms with van der Waals surface area (Å²) in [5.74, 6) is 1.20. The van der Waals surface area contributed by atoms with Crippen LogP contribution in [-0.4, -0.2) is 15.0 Å². The number of H-pyrrole nitrogens is 1. The van der Waals surface area contributed by atoms with Gasteiger partial charge in [-0.2, -0.15) is 0 Å². The Hall–Kier alpha value is -2.07. The lowest BCUT2D eigenvalue weighted by atomic mass is 10.2. The predicted octanol–water partition coefficient (Wildman–Crippen LogP) is 2.86. The summed E-state index contributed by atoms with van der Waals surface area (Å²) < 4.78 is 0. The SMILES string of the molecule is Nc1cc(-c2nc3c(Cl)cccc3[nH]2)ccn1. The normalized spacial score (nSPS) is 10.9. The summed E-state index contributed by atoms with van der Waals surface area (Å²) in [6.07, 6.45) is 1.65. The Morgan fingerprint density at radius 3 is 2.88 bits per heavy atom. The van der Waals surface area contributed by atoms with Crippen LogP contribution < -0.4 is 5.73 Å². The van der Waals surface area contributed by atoms with Gasteiger partial charge >= 0.3 is 0 Å². The number of anilines is 1. The second kappa shape index (κ2) is 3.75. The van der Waals surface area contributed by atoms with Crippen molar-refractivity contribution in [2.75, 3.05) is 5.73 Å². The minimum Gasteiger partial charge on any atom is -0.384 e. The number of imidazole rings is 1. The van der Waals surface area contributed by atoms with Gasteiger partial charge in [0.1, 0.15) is 17.2 Å². The molecule has 0 unspecified atom stereocenters. The number of nitrogens with two attached hydrogens (primary N) is 1. The minimum absolute atomic E-state index is 0.467. The molecule has 0 aliphatic heterocycles. The maximum absolute atomic E-state index is 6.07. The fourth-order valence-corrected chi connectivity index (χ4v) is 1.95. The monoisotopic (exact) mass is 244 g/mol. The van der Waals surface area contributed by atoms with Crippen molar-refractivity contribution in [1.82, 2.24) is 15.0 Å². The van der Waals surface area contributed by atoms with Gasteiger partial charge in [-0.25, -0.2) is 9.97 Å². The molecular formula is C12H9ClN4. The van der Waals surface area contributed by atoms with Gasteiger partial charge in [-0.15, -0.1) is 0 Å². The Labute approximate surface area is 102 Å². The third kappa shape index (κ3) is 1.72. The topological polar surface area (TPSA) is 67.6 Å². The molecule has 3 rings (SSSR count). The van der Waals surface area contributed by atoms with E-state index < -0.39 is 0 Å². The van der Waals surface area contributed by atoms with E-state index in [2.05, 4.69) is 15.0 Å². The van der Waals surface area contributed by atoms with Crippen LogP contribution in [0.4, 0.5) is 5.82 Å². The number of hydrogen-bond acceptors (Lipinski definition) is 3. The largest absolute Gasteiger partial charge is 0.384 e. The Bertz CT molecular complexity index is 690.